The van der Waals surface area contributed by atoms with Gasteiger partial charge in [-0.1, -0.05) is 78.6 Å². The molecule has 0 spiro atoms. The van der Waals surface area contributed by atoms with Crippen molar-refractivity contribution < 1.29 is 47.1 Å². The van der Waals surface area contributed by atoms with Gasteiger partial charge in [0.2, 0.25) is 0 Å². The third-order valence-corrected chi connectivity index (χ3v) is 3.35. The molecular formula is C15H33NaO4S. The summed E-state index contributed by atoms with van der Waals surface area (Å²) in [6.07, 6.45) is 12.6. The van der Waals surface area contributed by atoms with Crippen molar-refractivity contribution in [1.82, 2.24) is 0 Å². The molecule has 0 aliphatic heterocycles. The summed E-state index contributed by atoms with van der Waals surface area (Å²) in [6.45, 7) is 10.9. The van der Waals surface area contributed by atoms with Gasteiger partial charge < -0.3 is 6.92 Å². The van der Waals surface area contributed by atoms with E-state index in [1.807, 2.05) is 0 Å². The maximum absolute atomic E-state index is 8.74. The predicted molar refractivity (Wildman–Crippen MR) is 85.1 cm³/mol. The molecule has 0 aromatic carbocycles. The van der Waals surface area contributed by atoms with Crippen molar-refractivity contribution >= 4 is 10.4 Å². The second-order valence-electron chi connectivity index (χ2n) is 5.61. The van der Waals surface area contributed by atoms with Gasteiger partial charge in [0.15, 0.2) is 0 Å². The molecule has 0 aromatic rings. The maximum Gasteiger partial charge on any atom is 1.00 e. The van der Waals surface area contributed by atoms with Crippen LogP contribution in [0.1, 0.15) is 78.6 Å². The van der Waals surface area contributed by atoms with Crippen molar-refractivity contribution in [3.63, 3.8) is 0 Å². The second kappa shape index (κ2) is 17.2. The van der Waals surface area contributed by atoms with Crippen molar-refractivity contribution in [1.29, 1.82) is 0 Å². The fourth-order valence-corrected chi connectivity index (χ4v) is 2.16. The second-order valence-corrected chi connectivity index (χ2v) is 6.50. The molecule has 6 heteroatoms. The van der Waals surface area contributed by atoms with Gasteiger partial charge in [-0.2, -0.15) is 14.3 Å². The Kier molecular flexibility index (Phi) is 21.9. The van der Waals surface area contributed by atoms with Gasteiger partial charge in [0.1, 0.15) is 0 Å². The molecule has 0 saturated heterocycles. The minimum absolute atomic E-state index is 0. The topological polar surface area (TPSA) is 74.6 Å². The van der Waals surface area contributed by atoms with Gasteiger partial charge in [-0.05, 0) is 5.92 Å². The molecular weight excluding hydrogens is 299 g/mol. The monoisotopic (exact) mass is 332 g/mol. The summed E-state index contributed by atoms with van der Waals surface area (Å²) < 4.78 is 31.6. The predicted octanol–water partition coefficient (Wildman–Crippen LogP) is 1.97. The molecule has 2 unspecified atom stereocenters. The molecule has 0 amide bonds. The van der Waals surface area contributed by atoms with Crippen molar-refractivity contribution in [2.24, 2.45) is 11.8 Å². The molecule has 4 nitrogen and oxygen atoms in total. The normalized spacial score (nSPS) is 13.6. The van der Waals surface area contributed by atoms with Gasteiger partial charge >= 0.3 is 40.0 Å². The maximum atomic E-state index is 8.74. The van der Waals surface area contributed by atoms with Gasteiger partial charge in [0, 0.05) is 0 Å². The summed E-state index contributed by atoms with van der Waals surface area (Å²) in [4.78, 5) is 0. The van der Waals surface area contributed by atoms with Gasteiger partial charge in [-0.15, -0.1) is 0 Å². The zero-order chi connectivity index (χ0) is 16.0. The van der Waals surface area contributed by atoms with E-state index >= 15 is 0 Å². The zero-order valence-electron chi connectivity index (χ0n) is 14.3. The number of rotatable bonds is 10. The molecule has 2 N–H and O–H groups in total. The van der Waals surface area contributed by atoms with Crippen LogP contribution in [0.2, 0.25) is 0 Å². The minimum atomic E-state index is -4.67. The molecule has 0 saturated carbocycles. The Balaban J connectivity index is -0.000000465. The molecule has 124 valence electrons. The van der Waals surface area contributed by atoms with Crippen LogP contribution in [0, 0.1) is 18.8 Å². The quantitative estimate of drug-likeness (QED) is 0.278. The smallest absolute Gasteiger partial charge is 0.341 e. The van der Waals surface area contributed by atoms with Gasteiger partial charge in [-0.3, -0.25) is 9.11 Å². The van der Waals surface area contributed by atoms with E-state index in [9.17, 15) is 0 Å². The SMILES string of the molecule is O=S(=O)(O)O.[CH2-]C(C)CCCCC(CC)CCCCC.[Na+]. The van der Waals surface area contributed by atoms with Crippen LogP contribution in [0.4, 0.5) is 0 Å². The number of hydrogen-bond acceptors (Lipinski definition) is 2. The molecule has 0 aliphatic rings. The van der Waals surface area contributed by atoms with Crippen LogP contribution < -0.4 is 29.6 Å². The molecule has 0 aliphatic carbocycles. The fraction of sp³-hybridized carbons (Fsp3) is 0.933. The molecule has 0 bridgehead atoms. The Morgan fingerprint density at radius 1 is 0.952 bits per heavy atom. The first-order valence-corrected chi connectivity index (χ1v) is 9.13. The van der Waals surface area contributed by atoms with E-state index in [1.165, 1.54) is 57.8 Å². The average Bonchev–Trinajstić information content (AvgIpc) is 2.30. The van der Waals surface area contributed by atoms with Gasteiger partial charge in [0.25, 0.3) is 0 Å². The van der Waals surface area contributed by atoms with Crippen LogP contribution in [0.3, 0.4) is 0 Å². The van der Waals surface area contributed by atoms with Crippen molar-refractivity contribution in [2.75, 3.05) is 0 Å². The van der Waals surface area contributed by atoms with E-state index in [4.69, 9.17) is 17.5 Å². The van der Waals surface area contributed by atoms with Crippen LogP contribution in [0.5, 0.6) is 0 Å². The van der Waals surface area contributed by atoms with Gasteiger partial charge in [0.05, 0.1) is 0 Å². The molecule has 2 atom stereocenters. The summed E-state index contributed by atoms with van der Waals surface area (Å²) in [6, 6.07) is 0. The van der Waals surface area contributed by atoms with E-state index < -0.39 is 10.4 Å². The Morgan fingerprint density at radius 3 is 1.67 bits per heavy atom. The minimum Gasteiger partial charge on any atom is -0.341 e. The van der Waals surface area contributed by atoms with E-state index in [0.29, 0.717) is 5.92 Å². The zero-order valence-corrected chi connectivity index (χ0v) is 17.2. The van der Waals surface area contributed by atoms with E-state index in [-0.39, 0.29) is 29.6 Å². The first-order valence-electron chi connectivity index (χ1n) is 7.73. The number of hydrogen-bond donors (Lipinski definition) is 2. The first kappa shape index (κ1) is 26.8. The Hall–Kier alpha value is 0.870. The molecule has 0 fully saturated rings. The third kappa shape index (κ3) is 33.6. The van der Waals surface area contributed by atoms with Crippen LogP contribution in [-0.4, -0.2) is 17.5 Å². The Labute approximate surface area is 154 Å². The molecule has 0 aromatic heterocycles. The molecule has 0 heterocycles. The Morgan fingerprint density at radius 2 is 1.33 bits per heavy atom. The van der Waals surface area contributed by atoms with E-state index in [0.717, 1.165) is 5.92 Å². The third-order valence-electron chi connectivity index (χ3n) is 3.35. The standard InChI is InChI=1S/C15H31.Na.H2O4S/c1-5-7-8-12-15(6-2)13-10-9-11-14(3)4;;1-5(2,3)4/h14-15H,3,5-13H2,1-2,4H3;;(H2,1,2,3,4)/q-1;+1;. The van der Waals surface area contributed by atoms with E-state index in [2.05, 4.69) is 27.7 Å². The first-order chi connectivity index (χ1) is 9.20. The van der Waals surface area contributed by atoms with Gasteiger partial charge in [-0.25, -0.2) is 0 Å². The van der Waals surface area contributed by atoms with Crippen LogP contribution in [0.25, 0.3) is 0 Å². The summed E-state index contributed by atoms with van der Waals surface area (Å²) in [5.74, 6) is 1.64. The average molecular weight is 332 g/mol. The van der Waals surface area contributed by atoms with Crippen molar-refractivity contribution in [3.8, 4) is 0 Å². The number of unbranched alkanes of at least 4 members (excludes halogenated alkanes) is 3. The van der Waals surface area contributed by atoms with Crippen molar-refractivity contribution in [2.45, 2.75) is 78.6 Å². The summed E-state index contributed by atoms with van der Waals surface area (Å²) in [5, 5.41) is 0. The summed E-state index contributed by atoms with van der Waals surface area (Å²) in [7, 11) is -4.67. The largest absolute Gasteiger partial charge is 1.00 e. The molecule has 0 radical (unpaired) electrons. The molecule has 0 rings (SSSR count). The Bertz CT molecular complexity index is 284. The van der Waals surface area contributed by atoms with Crippen LogP contribution >= 0.6 is 0 Å². The van der Waals surface area contributed by atoms with Crippen LogP contribution in [0.15, 0.2) is 0 Å². The van der Waals surface area contributed by atoms with Crippen molar-refractivity contribution in [3.05, 3.63) is 6.92 Å². The summed E-state index contributed by atoms with van der Waals surface area (Å²) >= 11 is 0. The van der Waals surface area contributed by atoms with E-state index in [1.54, 1.807) is 0 Å². The summed E-state index contributed by atoms with van der Waals surface area (Å²) in [5.41, 5.74) is 0. The van der Waals surface area contributed by atoms with Crippen LogP contribution in [-0.2, 0) is 10.4 Å². The fourth-order valence-electron chi connectivity index (χ4n) is 2.16. The molecule has 21 heavy (non-hydrogen) atoms.